The number of imidazole rings is 1. The van der Waals surface area contributed by atoms with E-state index >= 15 is 0 Å². The fourth-order valence-electron chi connectivity index (χ4n) is 3.03. The van der Waals surface area contributed by atoms with Crippen molar-refractivity contribution in [3.05, 3.63) is 47.9 Å². The molecule has 1 aliphatic rings. The van der Waals surface area contributed by atoms with Crippen LogP contribution in [0.2, 0.25) is 0 Å². The molecule has 0 radical (unpaired) electrons. The van der Waals surface area contributed by atoms with Gasteiger partial charge in [0.2, 0.25) is 0 Å². The minimum atomic E-state index is -0.0368. The standard InChI is InChI=1S/C15H16N6O/c1-10-8-17-13(19-10)12-4-2-6-20(12)15(22)11-9-18-21-7-3-5-16-14(11)21/h3,5,7-9,12H,2,4,6H2,1H3,(H,17,19)/t12-/m1/s1. The maximum Gasteiger partial charge on any atom is 0.259 e. The summed E-state index contributed by atoms with van der Waals surface area (Å²) in [7, 11) is 0. The molecule has 4 rings (SSSR count). The van der Waals surface area contributed by atoms with Gasteiger partial charge in [0.25, 0.3) is 5.91 Å². The van der Waals surface area contributed by atoms with Crippen molar-refractivity contribution in [2.24, 2.45) is 0 Å². The molecule has 0 bridgehead atoms. The topological polar surface area (TPSA) is 79.2 Å². The van der Waals surface area contributed by atoms with Gasteiger partial charge in [0.15, 0.2) is 5.65 Å². The Morgan fingerprint density at radius 1 is 1.36 bits per heavy atom. The van der Waals surface area contributed by atoms with E-state index in [0.29, 0.717) is 11.2 Å². The second-order valence-corrected chi connectivity index (χ2v) is 5.55. The van der Waals surface area contributed by atoms with Crippen molar-refractivity contribution in [3.8, 4) is 0 Å². The van der Waals surface area contributed by atoms with Crippen LogP contribution in [0.5, 0.6) is 0 Å². The quantitative estimate of drug-likeness (QED) is 0.781. The number of likely N-dealkylation sites (tertiary alicyclic amines) is 1. The van der Waals surface area contributed by atoms with Crippen LogP contribution in [-0.4, -0.2) is 41.9 Å². The highest BCUT2D eigenvalue weighted by Crippen LogP contribution is 2.31. The molecule has 1 saturated heterocycles. The summed E-state index contributed by atoms with van der Waals surface area (Å²) in [4.78, 5) is 26.7. The van der Waals surface area contributed by atoms with Crippen molar-refractivity contribution < 1.29 is 4.79 Å². The Labute approximate surface area is 127 Å². The van der Waals surface area contributed by atoms with Crippen molar-refractivity contribution >= 4 is 11.6 Å². The van der Waals surface area contributed by atoms with Crippen LogP contribution in [0.4, 0.5) is 0 Å². The van der Waals surface area contributed by atoms with Gasteiger partial charge in [0.1, 0.15) is 11.4 Å². The summed E-state index contributed by atoms with van der Waals surface area (Å²) in [6.45, 7) is 2.69. The summed E-state index contributed by atoms with van der Waals surface area (Å²) in [5.74, 6) is 0.818. The van der Waals surface area contributed by atoms with Gasteiger partial charge in [-0.25, -0.2) is 14.5 Å². The van der Waals surface area contributed by atoms with Gasteiger partial charge in [-0.2, -0.15) is 5.10 Å². The van der Waals surface area contributed by atoms with Crippen molar-refractivity contribution in [1.29, 1.82) is 0 Å². The molecule has 0 aromatic carbocycles. The molecule has 0 spiro atoms. The van der Waals surface area contributed by atoms with Gasteiger partial charge >= 0.3 is 0 Å². The molecular formula is C15H16N6O. The number of hydrogen-bond donors (Lipinski definition) is 1. The summed E-state index contributed by atoms with van der Waals surface area (Å²) >= 11 is 0. The summed E-state index contributed by atoms with van der Waals surface area (Å²) in [5.41, 5.74) is 2.14. The van der Waals surface area contributed by atoms with Crippen LogP contribution >= 0.6 is 0 Å². The lowest BCUT2D eigenvalue weighted by atomic mass is 10.2. The number of hydrogen-bond acceptors (Lipinski definition) is 4. The van der Waals surface area contributed by atoms with E-state index in [4.69, 9.17) is 0 Å². The predicted molar refractivity (Wildman–Crippen MR) is 79.3 cm³/mol. The minimum Gasteiger partial charge on any atom is -0.344 e. The maximum atomic E-state index is 12.9. The first-order valence-corrected chi connectivity index (χ1v) is 7.35. The molecule has 0 unspecified atom stereocenters. The number of rotatable bonds is 2. The second kappa shape index (κ2) is 4.94. The molecule has 1 aliphatic heterocycles. The number of aromatic amines is 1. The van der Waals surface area contributed by atoms with Crippen LogP contribution < -0.4 is 0 Å². The van der Waals surface area contributed by atoms with Crippen LogP contribution in [0, 0.1) is 6.92 Å². The number of fused-ring (bicyclic) bond motifs is 1. The van der Waals surface area contributed by atoms with Crippen molar-refractivity contribution in [3.63, 3.8) is 0 Å². The molecule has 112 valence electrons. The molecule has 4 heterocycles. The number of carbonyl (C=O) groups excluding carboxylic acids is 1. The van der Waals surface area contributed by atoms with E-state index in [1.807, 2.05) is 11.8 Å². The van der Waals surface area contributed by atoms with Crippen molar-refractivity contribution in [2.75, 3.05) is 6.54 Å². The lowest BCUT2D eigenvalue weighted by Gasteiger charge is -2.22. The van der Waals surface area contributed by atoms with Gasteiger partial charge in [0.05, 0.1) is 12.2 Å². The third kappa shape index (κ3) is 1.97. The number of amides is 1. The van der Waals surface area contributed by atoms with Gasteiger partial charge in [-0.3, -0.25) is 4.79 Å². The molecule has 3 aromatic heterocycles. The largest absolute Gasteiger partial charge is 0.344 e. The zero-order chi connectivity index (χ0) is 15.1. The molecule has 0 aliphatic carbocycles. The third-order valence-electron chi connectivity index (χ3n) is 4.06. The Kier molecular flexibility index (Phi) is 2.92. The van der Waals surface area contributed by atoms with Crippen LogP contribution in [-0.2, 0) is 0 Å². The Hall–Kier alpha value is -2.70. The van der Waals surface area contributed by atoms with Gasteiger partial charge in [-0.15, -0.1) is 0 Å². The molecule has 1 atom stereocenters. The number of nitrogens with one attached hydrogen (secondary N) is 1. The van der Waals surface area contributed by atoms with Gasteiger partial charge in [-0.05, 0) is 25.8 Å². The highest BCUT2D eigenvalue weighted by atomic mass is 16.2. The first kappa shape index (κ1) is 13.0. The van der Waals surface area contributed by atoms with E-state index in [9.17, 15) is 4.79 Å². The Morgan fingerprint density at radius 2 is 2.27 bits per heavy atom. The summed E-state index contributed by atoms with van der Waals surface area (Å²) < 4.78 is 1.62. The number of nitrogens with zero attached hydrogens (tertiary/aromatic N) is 5. The molecule has 1 N–H and O–H groups in total. The minimum absolute atomic E-state index is 0.000128. The van der Waals surface area contributed by atoms with Crippen LogP contribution in [0.3, 0.4) is 0 Å². The molecule has 7 nitrogen and oxygen atoms in total. The average molecular weight is 296 g/mol. The van der Waals surface area contributed by atoms with Crippen molar-refractivity contribution in [2.45, 2.75) is 25.8 Å². The predicted octanol–water partition coefficient (Wildman–Crippen LogP) is 1.74. The molecule has 1 amide bonds. The fraction of sp³-hybridized carbons (Fsp3) is 0.333. The van der Waals surface area contributed by atoms with E-state index in [1.54, 1.807) is 35.4 Å². The lowest BCUT2D eigenvalue weighted by Crippen LogP contribution is -2.31. The highest BCUT2D eigenvalue weighted by molar-refractivity contribution is 5.99. The monoisotopic (exact) mass is 296 g/mol. The third-order valence-corrected chi connectivity index (χ3v) is 4.06. The zero-order valence-electron chi connectivity index (χ0n) is 12.2. The Balaban J connectivity index is 1.69. The normalized spacial score (nSPS) is 18.2. The second-order valence-electron chi connectivity index (χ2n) is 5.55. The first-order valence-electron chi connectivity index (χ1n) is 7.35. The molecular weight excluding hydrogens is 280 g/mol. The number of aryl methyl sites for hydroxylation is 1. The fourth-order valence-corrected chi connectivity index (χ4v) is 3.03. The molecule has 7 heteroatoms. The number of aromatic nitrogens is 5. The Morgan fingerprint density at radius 3 is 3.09 bits per heavy atom. The smallest absolute Gasteiger partial charge is 0.259 e. The Bertz CT molecular complexity index is 835. The highest BCUT2D eigenvalue weighted by Gasteiger charge is 2.33. The summed E-state index contributed by atoms with van der Waals surface area (Å²) in [5, 5.41) is 4.20. The average Bonchev–Trinajstić information content (AvgIpc) is 3.25. The lowest BCUT2D eigenvalue weighted by molar-refractivity contribution is 0.0732. The number of carbonyl (C=O) groups is 1. The van der Waals surface area contributed by atoms with E-state index in [1.165, 1.54) is 0 Å². The molecule has 22 heavy (non-hydrogen) atoms. The molecule has 3 aromatic rings. The maximum absolute atomic E-state index is 12.9. The summed E-state index contributed by atoms with van der Waals surface area (Å²) in [6.07, 6.45) is 8.75. The van der Waals surface area contributed by atoms with E-state index in [2.05, 4.69) is 20.1 Å². The number of H-pyrrole nitrogens is 1. The van der Waals surface area contributed by atoms with Crippen molar-refractivity contribution in [1.82, 2.24) is 29.5 Å². The SMILES string of the molecule is Cc1cnc([C@H]2CCCN2C(=O)c2cnn3cccnc23)[nH]1. The van der Waals surface area contributed by atoms with E-state index < -0.39 is 0 Å². The zero-order valence-corrected chi connectivity index (χ0v) is 12.2. The van der Waals surface area contributed by atoms with Gasteiger partial charge < -0.3 is 9.88 Å². The van der Waals surface area contributed by atoms with E-state index in [0.717, 1.165) is 30.9 Å². The first-order chi connectivity index (χ1) is 10.7. The molecule has 0 saturated carbocycles. The van der Waals surface area contributed by atoms with Crippen LogP contribution in [0.25, 0.3) is 5.65 Å². The van der Waals surface area contributed by atoms with Gasteiger partial charge in [0, 0.05) is 30.8 Å². The van der Waals surface area contributed by atoms with Crippen LogP contribution in [0.15, 0.2) is 30.9 Å². The van der Waals surface area contributed by atoms with Crippen LogP contribution in [0.1, 0.15) is 40.8 Å². The van der Waals surface area contributed by atoms with Gasteiger partial charge in [-0.1, -0.05) is 0 Å². The molecule has 1 fully saturated rings. The van der Waals surface area contributed by atoms with E-state index in [-0.39, 0.29) is 11.9 Å². The summed E-state index contributed by atoms with van der Waals surface area (Å²) in [6, 6.07) is 1.79.